The van der Waals surface area contributed by atoms with Gasteiger partial charge in [-0.3, -0.25) is 9.59 Å². The maximum Gasteiger partial charge on any atom is 0.228 e. The normalized spacial score (nSPS) is 10.0. The van der Waals surface area contributed by atoms with Crippen molar-refractivity contribution in [3.8, 4) is 0 Å². The van der Waals surface area contributed by atoms with Crippen molar-refractivity contribution in [1.29, 1.82) is 0 Å². The van der Waals surface area contributed by atoms with Gasteiger partial charge in [0.2, 0.25) is 11.8 Å². The average Bonchev–Trinajstić information content (AvgIpc) is 2.37. The van der Waals surface area contributed by atoms with Crippen LogP contribution in [0.1, 0.15) is 12.5 Å². The molecule has 0 atom stereocenters. The zero-order valence-corrected chi connectivity index (χ0v) is 13.1. The number of anilines is 2. The van der Waals surface area contributed by atoms with Crippen LogP contribution in [0.2, 0.25) is 0 Å². The van der Waals surface area contributed by atoms with E-state index in [0.717, 1.165) is 10.0 Å². The number of rotatable bonds is 4. The third-order valence-electron chi connectivity index (χ3n) is 2.72. The van der Waals surface area contributed by atoms with Gasteiger partial charge in [-0.2, -0.15) is 0 Å². The van der Waals surface area contributed by atoms with Gasteiger partial charge in [-0.25, -0.2) is 0 Å². The molecule has 0 aromatic heterocycles. The van der Waals surface area contributed by atoms with Gasteiger partial charge in [0.25, 0.3) is 0 Å². The van der Waals surface area contributed by atoms with Crippen LogP contribution in [0, 0.1) is 0 Å². The first kappa shape index (κ1) is 15.3. The molecule has 0 bridgehead atoms. The van der Waals surface area contributed by atoms with Gasteiger partial charge in [0.1, 0.15) is 0 Å². The molecule has 0 radical (unpaired) electrons. The van der Waals surface area contributed by atoms with Gasteiger partial charge in [0.15, 0.2) is 0 Å². The Kier molecular flexibility index (Phi) is 5.11. The van der Waals surface area contributed by atoms with Gasteiger partial charge in [-0.1, -0.05) is 34.1 Å². The standard InChI is InChI=1S/C16H15BrN2O2/c1-11(20)18-14-6-3-7-15(10-14)19-16(21)9-12-4-2-5-13(17)8-12/h2-8,10H,9H2,1H3,(H,18,20)(H,19,21). The van der Waals surface area contributed by atoms with Crippen molar-refractivity contribution in [2.24, 2.45) is 0 Å². The largest absolute Gasteiger partial charge is 0.326 e. The lowest BCUT2D eigenvalue weighted by Crippen LogP contribution is -2.14. The number of hydrogen-bond donors (Lipinski definition) is 2. The topological polar surface area (TPSA) is 58.2 Å². The molecule has 0 heterocycles. The Hall–Kier alpha value is -2.14. The van der Waals surface area contributed by atoms with E-state index < -0.39 is 0 Å². The Bertz CT molecular complexity index is 671. The van der Waals surface area contributed by atoms with Gasteiger partial charge >= 0.3 is 0 Å². The molecule has 0 spiro atoms. The summed E-state index contributed by atoms with van der Waals surface area (Å²) in [5, 5.41) is 5.50. The SMILES string of the molecule is CC(=O)Nc1cccc(NC(=O)Cc2cccc(Br)c2)c1. The summed E-state index contributed by atoms with van der Waals surface area (Å²) >= 11 is 3.38. The summed E-state index contributed by atoms with van der Waals surface area (Å²) in [5.74, 6) is -0.249. The van der Waals surface area contributed by atoms with Crippen molar-refractivity contribution in [3.05, 3.63) is 58.6 Å². The molecule has 2 amide bonds. The van der Waals surface area contributed by atoms with Crippen LogP contribution in [-0.4, -0.2) is 11.8 Å². The minimum absolute atomic E-state index is 0.104. The number of amides is 2. The number of benzene rings is 2. The van der Waals surface area contributed by atoms with Crippen LogP contribution in [-0.2, 0) is 16.0 Å². The number of nitrogens with one attached hydrogen (secondary N) is 2. The molecule has 0 aliphatic heterocycles. The zero-order valence-electron chi connectivity index (χ0n) is 11.5. The van der Waals surface area contributed by atoms with Crippen LogP contribution in [0.4, 0.5) is 11.4 Å². The van der Waals surface area contributed by atoms with Crippen molar-refractivity contribution >= 4 is 39.1 Å². The minimum atomic E-state index is -0.146. The van der Waals surface area contributed by atoms with Crippen LogP contribution >= 0.6 is 15.9 Å². The van der Waals surface area contributed by atoms with E-state index in [1.807, 2.05) is 24.3 Å². The van der Waals surface area contributed by atoms with Crippen molar-refractivity contribution in [1.82, 2.24) is 0 Å². The molecule has 2 N–H and O–H groups in total. The second-order valence-electron chi connectivity index (χ2n) is 4.62. The van der Waals surface area contributed by atoms with E-state index in [4.69, 9.17) is 0 Å². The summed E-state index contributed by atoms with van der Waals surface area (Å²) in [6, 6.07) is 14.7. The smallest absolute Gasteiger partial charge is 0.228 e. The lowest BCUT2D eigenvalue weighted by atomic mass is 10.1. The lowest BCUT2D eigenvalue weighted by Gasteiger charge is -2.08. The molecule has 0 aliphatic rings. The van der Waals surface area contributed by atoms with Gasteiger partial charge in [0, 0.05) is 22.8 Å². The van der Waals surface area contributed by atoms with Gasteiger partial charge in [0.05, 0.1) is 6.42 Å². The van der Waals surface area contributed by atoms with Crippen molar-refractivity contribution in [2.45, 2.75) is 13.3 Å². The molecule has 0 unspecified atom stereocenters. The first-order chi connectivity index (χ1) is 10.0. The fourth-order valence-electron chi connectivity index (χ4n) is 1.92. The molecule has 21 heavy (non-hydrogen) atoms. The molecule has 0 saturated heterocycles. The molecule has 108 valence electrons. The van der Waals surface area contributed by atoms with E-state index in [9.17, 15) is 9.59 Å². The predicted octanol–water partition coefficient (Wildman–Crippen LogP) is 3.59. The first-order valence-electron chi connectivity index (χ1n) is 6.45. The molecule has 4 nitrogen and oxygen atoms in total. The Balaban J connectivity index is 2.01. The van der Waals surface area contributed by atoms with Crippen LogP contribution in [0.25, 0.3) is 0 Å². The summed E-state index contributed by atoms with van der Waals surface area (Å²) in [4.78, 5) is 23.0. The Labute approximate surface area is 131 Å². The first-order valence-corrected chi connectivity index (χ1v) is 7.24. The van der Waals surface area contributed by atoms with E-state index >= 15 is 0 Å². The fraction of sp³-hybridized carbons (Fsp3) is 0.125. The fourth-order valence-corrected chi connectivity index (χ4v) is 2.36. The lowest BCUT2D eigenvalue weighted by molar-refractivity contribution is -0.115. The average molecular weight is 347 g/mol. The Morgan fingerprint density at radius 2 is 1.67 bits per heavy atom. The van der Waals surface area contributed by atoms with Crippen molar-refractivity contribution < 1.29 is 9.59 Å². The van der Waals surface area contributed by atoms with E-state index in [1.165, 1.54) is 6.92 Å². The highest BCUT2D eigenvalue weighted by Crippen LogP contribution is 2.16. The molecule has 0 saturated carbocycles. The highest BCUT2D eigenvalue weighted by atomic mass is 79.9. The van der Waals surface area contributed by atoms with Crippen LogP contribution in [0.3, 0.4) is 0 Å². The van der Waals surface area contributed by atoms with E-state index in [1.54, 1.807) is 24.3 Å². The summed E-state index contributed by atoms with van der Waals surface area (Å²) < 4.78 is 0.945. The Morgan fingerprint density at radius 3 is 2.33 bits per heavy atom. The van der Waals surface area contributed by atoms with Gasteiger partial charge < -0.3 is 10.6 Å². The molecule has 2 rings (SSSR count). The molecule has 5 heteroatoms. The summed E-state index contributed by atoms with van der Waals surface area (Å²) in [5.41, 5.74) is 2.24. The van der Waals surface area contributed by atoms with Crippen LogP contribution in [0.15, 0.2) is 53.0 Å². The number of carbonyl (C=O) groups excluding carboxylic acids is 2. The molecule has 0 fully saturated rings. The molecule has 2 aromatic rings. The van der Waals surface area contributed by atoms with E-state index in [2.05, 4.69) is 26.6 Å². The number of halogens is 1. The van der Waals surface area contributed by atoms with E-state index in [-0.39, 0.29) is 11.8 Å². The molecular weight excluding hydrogens is 332 g/mol. The van der Waals surface area contributed by atoms with Crippen molar-refractivity contribution in [2.75, 3.05) is 10.6 Å². The second-order valence-corrected chi connectivity index (χ2v) is 5.53. The predicted molar refractivity (Wildman–Crippen MR) is 87.2 cm³/mol. The number of carbonyl (C=O) groups is 2. The van der Waals surface area contributed by atoms with E-state index in [0.29, 0.717) is 17.8 Å². The quantitative estimate of drug-likeness (QED) is 0.888. The maximum absolute atomic E-state index is 12.0. The maximum atomic E-state index is 12.0. The molecule has 2 aromatic carbocycles. The molecule has 0 aliphatic carbocycles. The highest BCUT2D eigenvalue weighted by molar-refractivity contribution is 9.10. The second kappa shape index (κ2) is 7.04. The third-order valence-corrected chi connectivity index (χ3v) is 3.21. The number of hydrogen-bond acceptors (Lipinski definition) is 2. The summed E-state index contributed by atoms with van der Waals surface area (Å²) in [6.07, 6.45) is 0.295. The Morgan fingerprint density at radius 1 is 1.00 bits per heavy atom. The van der Waals surface area contributed by atoms with Crippen molar-refractivity contribution in [3.63, 3.8) is 0 Å². The van der Waals surface area contributed by atoms with Gasteiger partial charge in [-0.15, -0.1) is 0 Å². The van der Waals surface area contributed by atoms with Gasteiger partial charge in [-0.05, 0) is 35.9 Å². The summed E-state index contributed by atoms with van der Waals surface area (Å²) in [6.45, 7) is 1.44. The molecular formula is C16H15BrN2O2. The minimum Gasteiger partial charge on any atom is -0.326 e. The third kappa shape index (κ3) is 5.04. The zero-order chi connectivity index (χ0) is 15.2. The van der Waals surface area contributed by atoms with Crippen LogP contribution < -0.4 is 10.6 Å². The monoisotopic (exact) mass is 346 g/mol. The van der Waals surface area contributed by atoms with Crippen LogP contribution in [0.5, 0.6) is 0 Å². The highest BCUT2D eigenvalue weighted by Gasteiger charge is 2.05. The summed E-state index contributed by atoms with van der Waals surface area (Å²) in [7, 11) is 0.